The van der Waals surface area contributed by atoms with Crippen LogP contribution in [0.2, 0.25) is 0 Å². The molecule has 0 aromatic heterocycles. The van der Waals surface area contributed by atoms with E-state index in [1.165, 1.54) is 3.57 Å². The van der Waals surface area contributed by atoms with E-state index in [9.17, 15) is 4.79 Å². The van der Waals surface area contributed by atoms with Gasteiger partial charge in [-0.1, -0.05) is 30.3 Å². The number of halogens is 1. The number of carboxylic acids is 1. The Hall–Kier alpha value is -1.56. The van der Waals surface area contributed by atoms with Crippen molar-refractivity contribution < 1.29 is 9.90 Å². The van der Waals surface area contributed by atoms with Crippen LogP contribution in [0.3, 0.4) is 0 Å². The number of carboxylic acid groups (broad SMARTS) is 1. The van der Waals surface area contributed by atoms with Crippen LogP contribution in [-0.4, -0.2) is 11.1 Å². The van der Waals surface area contributed by atoms with Crippen molar-refractivity contribution in [1.82, 2.24) is 0 Å². The van der Waals surface area contributed by atoms with Gasteiger partial charge in [-0.15, -0.1) is 0 Å². The van der Waals surface area contributed by atoms with Crippen molar-refractivity contribution in [3.05, 3.63) is 63.2 Å². The summed E-state index contributed by atoms with van der Waals surface area (Å²) in [5.74, 6) is -0.801. The zero-order valence-electron chi connectivity index (χ0n) is 10.3. The highest BCUT2D eigenvalue weighted by molar-refractivity contribution is 14.1. The average molecular weight is 367 g/mol. The molecule has 0 aliphatic heterocycles. The summed E-state index contributed by atoms with van der Waals surface area (Å²) >= 11 is 2.28. The normalized spacial score (nSPS) is 10.2. The van der Waals surface area contributed by atoms with E-state index in [0.717, 1.165) is 23.4 Å². The van der Waals surface area contributed by atoms with Gasteiger partial charge in [-0.25, -0.2) is 0 Å². The van der Waals surface area contributed by atoms with Crippen molar-refractivity contribution >= 4 is 34.2 Å². The molecule has 0 aliphatic rings. The first-order valence-corrected chi connectivity index (χ1v) is 7.00. The molecular weight excluding hydrogens is 353 g/mol. The fraction of sp³-hybridized carbons (Fsp3) is 0.133. The SMILES string of the molecule is O=C(O)Cc1ccc(CNc2cccc(I)c2)cc1. The van der Waals surface area contributed by atoms with Crippen molar-refractivity contribution in [2.45, 2.75) is 13.0 Å². The Morgan fingerprint density at radius 2 is 1.79 bits per heavy atom. The second-order valence-corrected chi connectivity index (χ2v) is 5.50. The maximum absolute atomic E-state index is 10.6. The first-order valence-electron chi connectivity index (χ1n) is 5.92. The predicted octanol–water partition coefficient (Wildman–Crippen LogP) is 3.53. The standard InChI is InChI=1S/C15H14INO2/c16-13-2-1-3-14(9-13)17-10-12-6-4-11(5-7-12)8-15(18)19/h1-7,9,17H,8,10H2,(H,18,19). The minimum atomic E-state index is -0.801. The summed E-state index contributed by atoms with van der Waals surface area (Å²) in [6, 6.07) is 15.8. The molecule has 0 fully saturated rings. The van der Waals surface area contributed by atoms with E-state index in [1.54, 1.807) is 0 Å². The number of rotatable bonds is 5. The van der Waals surface area contributed by atoms with Gasteiger partial charge in [-0.05, 0) is 51.9 Å². The van der Waals surface area contributed by atoms with Gasteiger partial charge in [0.15, 0.2) is 0 Å². The van der Waals surface area contributed by atoms with E-state index in [4.69, 9.17) is 5.11 Å². The van der Waals surface area contributed by atoms with Gasteiger partial charge in [0, 0.05) is 15.8 Å². The molecule has 0 atom stereocenters. The molecule has 3 nitrogen and oxygen atoms in total. The Kier molecular flexibility index (Phi) is 4.79. The number of carbonyl (C=O) groups is 1. The minimum Gasteiger partial charge on any atom is -0.481 e. The van der Waals surface area contributed by atoms with E-state index < -0.39 is 5.97 Å². The van der Waals surface area contributed by atoms with E-state index in [1.807, 2.05) is 42.5 Å². The molecule has 0 bridgehead atoms. The largest absolute Gasteiger partial charge is 0.481 e. The summed E-state index contributed by atoms with van der Waals surface area (Å²) in [4.78, 5) is 10.6. The summed E-state index contributed by atoms with van der Waals surface area (Å²) in [5.41, 5.74) is 3.04. The Bertz CT molecular complexity index is 567. The third-order valence-electron chi connectivity index (χ3n) is 2.70. The van der Waals surface area contributed by atoms with Gasteiger partial charge in [0.2, 0.25) is 0 Å². The van der Waals surface area contributed by atoms with Crippen LogP contribution in [-0.2, 0) is 17.8 Å². The molecule has 19 heavy (non-hydrogen) atoms. The van der Waals surface area contributed by atoms with E-state index >= 15 is 0 Å². The third kappa shape index (κ3) is 4.55. The quantitative estimate of drug-likeness (QED) is 0.795. The fourth-order valence-corrected chi connectivity index (χ4v) is 2.30. The number of hydrogen-bond acceptors (Lipinski definition) is 2. The molecule has 2 N–H and O–H groups in total. The smallest absolute Gasteiger partial charge is 0.307 e. The highest BCUT2D eigenvalue weighted by atomic mass is 127. The van der Waals surface area contributed by atoms with E-state index in [-0.39, 0.29) is 6.42 Å². The molecule has 0 saturated heterocycles. The van der Waals surface area contributed by atoms with Crippen LogP contribution in [0, 0.1) is 3.57 Å². The highest BCUT2D eigenvalue weighted by Gasteiger charge is 2.00. The third-order valence-corrected chi connectivity index (χ3v) is 3.37. The van der Waals surface area contributed by atoms with Crippen molar-refractivity contribution in [3.63, 3.8) is 0 Å². The van der Waals surface area contributed by atoms with Crippen LogP contribution in [0.5, 0.6) is 0 Å². The summed E-state index contributed by atoms with van der Waals surface area (Å²) in [7, 11) is 0. The lowest BCUT2D eigenvalue weighted by Gasteiger charge is -2.07. The zero-order chi connectivity index (χ0) is 13.7. The zero-order valence-corrected chi connectivity index (χ0v) is 12.4. The van der Waals surface area contributed by atoms with Gasteiger partial charge in [-0.3, -0.25) is 4.79 Å². The van der Waals surface area contributed by atoms with Crippen LogP contribution >= 0.6 is 22.6 Å². The summed E-state index contributed by atoms with van der Waals surface area (Å²) in [6.45, 7) is 0.730. The molecule has 0 unspecified atom stereocenters. The van der Waals surface area contributed by atoms with E-state index in [2.05, 4.69) is 34.0 Å². The average Bonchev–Trinajstić information content (AvgIpc) is 2.37. The molecule has 2 rings (SSSR count). The van der Waals surface area contributed by atoms with Gasteiger partial charge < -0.3 is 10.4 Å². The summed E-state index contributed by atoms with van der Waals surface area (Å²) < 4.78 is 1.19. The van der Waals surface area contributed by atoms with Crippen molar-refractivity contribution in [1.29, 1.82) is 0 Å². The monoisotopic (exact) mass is 367 g/mol. The molecule has 0 heterocycles. The fourth-order valence-electron chi connectivity index (χ4n) is 1.75. The Balaban J connectivity index is 1.94. The molecule has 4 heteroatoms. The predicted molar refractivity (Wildman–Crippen MR) is 84.3 cm³/mol. The van der Waals surface area contributed by atoms with Gasteiger partial charge in [0.05, 0.1) is 6.42 Å². The van der Waals surface area contributed by atoms with Crippen molar-refractivity contribution in [3.8, 4) is 0 Å². The summed E-state index contributed by atoms with van der Waals surface area (Å²) in [5, 5.41) is 12.0. The summed E-state index contributed by atoms with van der Waals surface area (Å²) in [6.07, 6.45) is 0.0740. The second kappa shape index (κ2) is 6.56. The maximum atomic E-state index is 10.6. The number of aliphatic carboxylic acids is 1. The minimum absolute atomic E-state index is 0.0740. The van der Waals surface area contributed by atoms with Crippen molar-refractivity contribution in [2.75, 3.05) is 5.32 Å². The van der Waals surface area contributed by atoms with Crippen LogP contribution < -0.4 is 5.32 Å². The lowest BCUT2D eigenvalue weighted by atomic mass is 10.1. The Labute approximate surface area is 125 Å². The highest BCUT2D eigenvalue weighted by Crippen LogP contribution is 2.14. The number of nitrogens with one attached hydrogen (secondary N) is 1. The second-order valence-electron chi connectivity index (χ2n) is 4.25. The topological polar surface area (TPSA) is 49.3 Å². The number of benzene rings is 2. The van der Waals surface area contributed by atoms with E-state index in [0.29, 0.717) is 0 Å². The van der Waals surface area contributed by atoms with Gasteiger partial charge >= 0.3 is 5.97 Å². The Morgan fingerprint density at radius 1 is 1.11 bits per heavy atom. The molecule has 2 aromatic carbocycles. The van der Waals surface area contributed by atoms with Crippen LogP contribution in [0.1, 0.15) is 11.1 Å². The Morgan fingerprint density at radius 3 is 2.42 bits per heavy atom. The molecule has 0 radical (unpaired) electrons. The lowest BCUT2D eigenvalue weighted by molar-refractivity contribution is -0.136. The van der Waals surface area contributed by atoms with Gasteiger partial charge in [0.25, 0.3) is 0 Å². The molecular formula is C15H14INO2. The van der Waals surface area contributed by atoms with Crippen LogP contribution in [0.15, 0.2) is 48.5 Å². The van der Waals surface area contributed by atoms with Crippen LogP contribution in [0.25, 0.3) is 0 Å². The van der Waals surface area contributed by atoms with Crippen molar-refractivity contribution in [2.24, 2.45) is 0 Å². The molecule has 0 amide bonds. The van der Waals surface area contributed by atoms with Crippen LogP contribution in [0.4, 0.5) is 5.69 Å². The van der Waals surface area contributed by atoms with Gasteiger partial charge in [-0.2, -0.15) is 0 Å². The molecule has 98 valence electrons. The van der Waals surface area contributed by atoms with Gasteiger partial charge in [0.1, 0.15) is 0 Å². The first kappa shape index (κ1) is 13.9. The molecule has 0 spiro atoms. The molecule has 2 aromatic rings. The number of anilines is 1. The number of hydrogen-bond donors (Lipinski definition) is 2. The molecule has 0 aliphatic carbocycles. The maximum Gasteiger partial charge on any atom is 0.307 e. The molecule has 0 saturated carbocycles. The first-order chi connectivity index (χ1) is 9.13. The lowest BCUT2D eigenvalue weighted by Crippen LogP contribution is -2.02.